The van der Waals surface area contributed by atoms with Gasteiger partial charge in [-0.1, -0.05) is 0 Å². The van der Waals surface area contributed by atoms with Gasteiger partial charge in [-0.15, -0.1) is 0 Å². The zero-order valence-corrected chi connectivity index (χ0v) is 23.1. The van der Waals surface area contributed by atoms with Crippen molar-refractivity contribution in [3.05, 3.63) is 57.2 Å². The molecule has 4 heterocycles. The van der Waals surface area contributed by atoms with Gasteiger partial charge in [-0.3, -0.25) is 4.79 Å². The summed E-state index contributed by atoms with van der Waals surface area (Å²) in [6.45, 7) is 5.01. The van der Waals surface area contributed by atoms with Gasteiger partial charge in [0.2, 0.25) is 0 Å². The normalized spacial score (nSPS) is 27.6. The van der Waals surface area contributed by atoms with E-state index >= 15 is 0 Å². The van der Waals surface area contributed by atoms with Crippen molar-refractivity contribution in [2.75, 3.05) is 6.61 Å². The van der Waals surface area contributed by atoms with Crippen molar-refractivity contribution in [3.8, 4) is 0 Å². The summed E-state index contributed by atoms with van der Waals surface area (Å²) in [7, 11) is 0. The molecule has 2 unspecified atom stereocenters. The molecule has 0 aromatic carbocycles. The van der Waals surface area contributed by atoms with Crippen molar-refractivity contribution < 1.29 is 31.1 Å². The molecule has 7 rings (SSSR count). The van der Waals surface area contributed by atoms with Gasteiger partial charge in [-0.25, -0.2) is 24.6 Å². The number of aryl methyl sites for hydroxylation is 1. The van der Waals surface area contributed by atoms with Gasteiger partial charge in [0.1, 0.15) is 11.3 Å². The van der Waals surface area contributed by atoms with Crippen LogP contribution >= 0.6 is 0 Å². The Bertz CT molecular complexity index is 1640. The van der Waals surface area contributed by atoms with Crippen LogP contribution in [0.5, 0.6) is 0 Å². The minimum atomic E-state index is -4.80. The maximum Gasteiger partial charge on any atom is 0.435 e. The monoisotopic (exact) mass is 594 g/mol. The Kier molecular flexibility index (Phi) is 6.70. The molecule has 0 radical (unpaired) electrons. The predicted octanol–water partition coefficient (Wildman–Crippen LogP) is 6.02. The fraction of sp³-hybridized carbons (Fsp3) is 0.571. The van der Waals surface area contributed by atoms with Gasteiger partial charge in [0.05, 0.1) is 23.4 Å². The Morgan fingerprint density at radius 2 is 1.79 bits per heavy atom. The Labute approximate surface area is 236 Å². The molecule has 3 aliphatic carbocycles. The molecule has 1 aliphatic heterocycles. The third kappa shape index (κ3) is 4.96. The number of alkyl halides is 6. The van der Waals surface area contributed by atoms with E-state index < -0.39 is 41.4 Å². The molecule has 42 heavy (non-hydrogen) atoms. The van der Waals surface area contributed by atoms with Gasteiger partial charge in [0.25, 0.3) is 5.56 Å². The standard InChI is InChI=1S/C28H28F6N6O2/c1-13(2)39-40-12-16(4-5-20(40)41)19-8-15(6-7-42-19)24-37-23(26-9-17(10-26)18(11-26)27(29,30)31)21-25(38-24)35-14(3)22(36-21)28(32,33)34/h4-5,12,15,17-19H,6-11H2,1-3H3/t15?,17?,18-,19?,26?/m1/s1. The second-order valence-corrected chi connectivity index (χ2v) is 11.8. The molecule has 3 saturated carbocycles. The van der Waals surface area contributed by atoms with Gasteiger partial charge in [-0.05, 0) is 70.4 Å². The van der Waals surface area contributed by atoms with Crippen LogP contribution in [0.3, 0.4) is 0 Å². The summed E-state index contributed by atoms with van der Waals surface area (Å²) in [5.41, 5.74) is -1.68. The van der Waals surface area contributed by atoms with E-state index in [2.05, 4.69) is 20.1 Å². The first-order valence-electron chi connectivity index (χ1n) is 13.7. The molecule has 4 fully saturated rings. The van der Waals surface area contributed by atoms with E-state index in [9.17, 15) is 31.1 Å². The van der Waals surface area contributed by atoms with Gasteiger partial charge >= 0.3 is 12.4 Å². The maximum atomic E-state index is 13.8. The molecular weight excluding hydrogens is 566 g/mol. The first-order chi connectivity index (χ1) is 19.6. The second kappa shape index (κ2) is 9.81. The predicted molar refractivity (Wildman–Crippen MR) is 139 cm³/mol. The fourth-order valence-electron chi connectivity index (χ4n) is 6.76. The van der Waals surface area contributed by atoms with Crippen molar-refractivity contribution in [2.45, 2.75) is 82.7 Å². The minimum Gasteiger partial charge on any atom is -0.373 e. The van der Waals surface area contributed by atoms with Crippen LogP contribution < -0.4 is 5.56 Å². The van der Waals surface area contributed by atoms with Gasteiger partial charge in [0.15, 0.2) is 11.3 Å². The Balaban J connectivity index is 1.42. The van der Waals surface area contributed by atoms with Gasteiger partial charge < -0.3 is 4.74 Å². The highest BCUT2D eigenvalue weighted by Crippen LogP contribution is 2.66. The number of ether oxygens (including phenoxy) is 1. The summed E-state index contributed by atoms with van der Waals surface area (Å²) in [6, 6.07) is 3.04. The molecule has 4 aliphatic rings. The largest absolute Gasteiger partial charge is 0.435 e. The lowest BCUT2D eigenvalue weighted by Gasteiger charge is -2.39. The number of nitrogens with zero attached hydrogens (tertiary/aromatic N) is 6. The van der Waals surface area contributed by atoms with E-state index in [1.165, 1.54) is 17.7 Å². The zero-order valence-electron chi connectivity index (χ0n) is 23.1. The molecule has 224 valence electrons. The first kappa shape index (κ1) is 28.7. The minimum absolute atomic E-state index is 0.0573. The quantitative estimate of drug-likeness (QED) is 0.271. The van der Waals surface area contributed by atoms with Crippen molar-refractivity contribution in [1.82, 2.24) is 24.6 Å². The molecule has 3 aromatic rings. The Morgan fingerprint density at radius 3 is 2.43 bits per heavy atom. The van der Waals surface area contributed by atoms with Crippen molar-refractivity contribution in [1.29, 1.82) is 0 Å². The lowest BCUT2D eigenvalue weighted by atomic mass is 9.67. The van der Waals surface area contributed by atoms with E-state index in [0.29, 0.717) is 36.5 Å². The molecule has 0 spiro atoms. The zero-order chi connectivity index (χ0) is 30.2. The van der Waals surface area contributed by atoms with Crippen LogP contribution in [0.4, 0.5) is 26.3 Å². The molecule has 2 bridgehead atoms. The third-order valence-corrected chi connectivity index (χ3v) is 8.64. The Morgan fingerprint density at radius 1 is 1.05 bits per heavy atom. The van der Waals surface area contributed by atoms with Gasteiger partial charge in [0, 0.05) is 35.9 Å². The molecule has 3 aromatic heterocycles. The molecule has 1 saturated heterocycles. The van der Waals surface area contributed by atoms with E-state index in [1.54, 1.807) is 26.1 Å². The number of hydrogen-bond donors (Lipinski definition) is 0. The van der Waals surface area contributed by atoms with Gasteiger partial charge in [-0.2, -0.15) is 31.4 Å². The van der Waals surface area contributed by atoms with Crippen molar-refractivity contribution in [2.24, 2.45) is 16.9 Å². The summed E-state index contributed by atoms with van der Waals surface area (Å²) < 4.78 is 89.8. The molecule has 0 N–H and O–H groups in total. The first-order valence-corrected chi connectivity index (χ1v) is 13.7. The lowest BCUT2D eigenvalue weighted by molar-refractivity contribution is -0.180. The second-order valence-electron chi connectivity index (χ2n) is 11.8. The lowest BCUT2D eigenvalue weighted by Crippen LogP contribution is -2.35. The summed E-state index contributed by atoms with van der Waals surface area (Å²) >= 11 is 0. The number of pyridine rings is 1. The molecule has 3 atom stereocenters. The number of hydrogen-bond acceptors (Lipinski definition) is 7. The molecule has 14 heteroatoms. The summed E-state index contributed by atoms with van der Waals surface area (Å²) in [5.74, 6) is -2.16. The molecule has 0 amide bonds. The highest BCUT2D eigenvalue weighted by atomic mass is 19.4. The summed E-state index contributed by atoms with van der Waals surface area (Å²) in [5, 5.41) is 4.21. The number of fused-ring (bicyclic) bond motifs is 2. The highest BCUT2D eigenvalue weighted by molar-refractivity contribution is 5.78. The average Bonchev–Trinajstić information content (AvgIpc) is 3.46. The summed E-state index contributed by atoms with van der Waals surface area (Å²) in [6.07, 6.45) is -7.10. The SMILES string of the molecule is CC(C)=Nn1cc(C2CC(c3nc(C45CC(C4)[C@H](C(F)(F)F)C5)c4nc(C(F)(F)F)c(C)nc4n3)CCO2)ccc1=O. The van der Waals surface area contributed by atoms with Crippen LogP contribution in [0.1, 0.15) is 86.4 Å². The highest BCUT2D eigenvalue weighted by Gasteiger charge is 2.65. The molecular formula is C28H28F6N6O2. The molecule has 8 nitrogen and oxygen atoms in total. The van der Waals surface area contributed by atoms with Crippen LogP contribution in [0, 0.1) is 18.8 Å². The van der Waals surface area contributed by atoms with E-state index in [0.717, 1.165) is 0 Å². The maximum absolute atomic E-state index is 13.8. The van der Waals surface area contributed by atoms with E-state index in [-0.39, 0.29) is 53.3 Å². The number of rotatable bonds is 4. The smallest absolute Gasteiger partial charge is 0.373 e. The fourth-order valence-corrected chi connectivity index (χ4v) is 6.76. The van der Waals surface area contributed by atoms with Crippen LogP contribution in [0.25, 0.3) is 11.2 Å². The topological polar surface area (TPSA) is 95.2 Å². The average molecular weight is 595 g/mol. The number of halogens is 6. The number of aromatic nitrogens is 5. The van der Waals surface area contributed by atoms with E-state index in [1.807, 2.05) is 0 Å². The van der Waals surface area contributed by atoms with Crippen LogP contribution in [-0.2, 0) is 16.3 Å². The van der Waals surface area contributed by atoms with Crippen molar-refractivity contribution in [3.63, 3.8) is 0 Å². The van der Waals surface area contributed by atoms with Crippen LogP contribution in [0.15, 0.2) is 28.2 Å². The Hall–Kier alpha value is -3.42. The van der Waals surface area contributed by atoms with Crippen LogP contribution in [0.2, 0.25) is 0 Å². The third-order valence-electron chi connectivity index (χ3n) is 8.64. The van der Waals surface area contributed by atoms with E-state index in [4.69, 9.17) is 9.72 Å². The van der Waals surface area contributed by atoms with Crippen molar-refractivity contribution >= 4 is 16.9 Å². The summed E-state index contributed by atoms with van der Waals surface area (Å²) in [4.78, 5) is 29.5. The van der Waals surface area contributed by atoms with Crippen LogP contribution in [-0.4, -0.2) is 43.1 Å².